The van der Waals surface area contributed by atoms with Crippen molar-refractivity contribution in [2.45, 2.75) is 25.0 Å². The Bertz CT molecular complexity index is 984. The van der Waals surface area contributed by atoms with Crippen molar-refractivity contribution in [1.29, 1.82) is 0 Å². The second kappa shape index (κ2) is 13.2. The fourth-order valence-electron chi connectivity index (χ4n) is 4.89. The molecule has 4 rings (SSSR count). The minimum atomic E-state index is -1.31. The second-order valence-corrected chi connectivity index (χ2v) is 9.97. The lowest BCUT2D eigenvalue weighted by atomic mass is 10.0. The van der Waals surface area contributed by atoms with Crippen molar-refractivity contribution in [3.05, 3.63) is 59.9 Å². The van der Waals surface area contributed by atoms with Crippen LogP contribution in [0, 0.1) is 5.82 Å². The number of methoxy groups -OCH3 is 1. The summed E-state index contributed by atoms with van der Waals surface area (Å²) in [5.74, 6) is 0.770. The Labute approximate surface area is 218 Å². The number of rotatable bonds is 11. The van der Waals surface area contributed by atoms with E-state index >= 15 is 0 Å². The Hall–Kier alpha value is -2.72. The molecule has 2 fully saturated rings. The van der Waals surface area contributed by atoms with Crippen LogP contribution < -0.4 is 9.47 Å². The first-order chi connectivity index (χ1) is 17.9. The highest BCUT2D eigenvalue weighted by molar-refractivity contribution is 5.77. The molecule has 37 heavy (non-hydrogen) atoms. The van der Waals surface area contributed by atoms with Crippen LogP contribution in [0.15, 0.2) is 48.5 Å². The number of hydrogen-bond acceptors (Lipinski definition) is 7. The largest absolute Gasteiger partial charge is 0.492 e. The number of halogens is 1. The van der Waals surface area contributed by atoms with Crippen LogP contribution in [0.2, 0.25) is 0 Å². The molecule has 8 nitrogen and oxygen atoms in total. The SMILES string of the molecule is COCC(=O)N1CCN(Cc2ccc(OCCN3CCCC3)cc2)CC(O)(COc2ccc(F)cc2)C1. The molecule has 0 bridgehead atoms. The van der Waals surface area contributed by atoms with E-state index in [-0.39, 0.29) is 31.5 Å². The van der Waals surface area contributed by atoms with E-state index in [0.29, 0.717) is 38.5 Å². The number of aliphatic hydroxyl groups is 1. The zero-order chi connectivity index (χ0) is 26.1. The lowest BCUT2D eigenvalue weighted by molar-refractivity contribution is -0.138. The fraction of sp³-hybridized carbons (Fsp3) is 0.536. The summed E-state index contributed by atoms with van der Waals surface area (Å²) < 4.78 is 30.0. The molecule has 2 aromatic rings. The van der Waals surface area contributed by atoms with E-state index < -0.39 is 5.60 Å². The molecule has 2 heterocycles. The van der Waals surface area contributed by atoms with Crippen LogP contribution in [0.1, 0.15) is 18.4 Å². The Morgan fingerprint density at radius 2 is 1.59 bits per heavy atom. The van der Waals surface area contributed by atoms with Gasteiger partial charge in [0.25, 0.3) is 0 Å². The van der Waals surface area contributed by atoms with Gasteiger partial charge < -0.3 is 24.2 Å². The average Bonchev–Trinajstić information content (AvgIpc) is 3.35. The lowest BCUT2D eigenvalue weighted by Crippen LogP contribution is -2.52. The first kappa shape index (κ1) is 27.3. The van der Waals surface area contributed by atoms with Crippen molar-refractivity contribution in [2.24, 2.45) is 0 Å². The second-order valence-electron chi connectivity index (χ2n) is 9.97. The molecule has 0 radical (unpaired) electrons. The summed E-state index contributed by atoms with van der Waals surface area (Å²) in [4.78, 5) is 18.8. The Morgan fingerprint density at radius 1 is 0.919 bits per heavy atom. The van der Waals surface area contributed by atoms with E-state index in [2.05, 4.69) is 9.80 Å². The van der Waals surface area contributed by atoms with Gasteiger partial charge in [-0.25, -0.2) is 4.39 Å². The quantitative estimate of drug-likeness (QED) is 0.493. The summed E-state index contributed by atoms with van der Waals surface area (Å²) in [6, 6.07) is 13.7. The first-order valence-electron chi connectivity index (χ1n) is 13.0. The minimum Gasteiger partial charge on any atom is -0.492 e. The molecule has 202 valence electrons. The van der Waals surface area contributed by atoms with Crippen LogP contribution >= 0.6 is 0 Å². The van der Waals surface area contributed by atoms with E-state index in [1.54, 1.807) is 4.90 Å². The molecule has 1 atom stereocenters. The van der Waals surface area contributed by atoms with Gasteiger partial charge in [0.1, 0.15) is 42.7 Å². The Balaban J connectivity index is 1.36. The highest BCUT2D eigenvalue weighted by Gasteiger charge is 2.37. The third-order valence-electron chi connectivity index (χ3n) is 6.84. The fourth-order valence-corrected chi connectivity index (χ4v) is 4.89. The highest BCUT2D eigenvalue weighted by atomic mass is 19.1. The van der Waals surface area contributed by atoms with Gasteiger partial charge in [0.15, 0.2) is 0 Å². The monoisotopic (exact) mass is 515 g/mol. The maximum atomic E-state index is 13.3. The molecule has 0 saturated carbocycles. The molecular weight excluding hydrogens is 477 g/mol. The predicted octanol–water partition coefficient (Wildman–Crippen LogP) is 2.40. The van der Waals surface area contributed by atoms with Crippen molar-refractivity contribution in [1.82, 2.24) is 14.7 Å². The standard InChI is InChI=1S/C28H38FN3O5/c1-35-19-27(33)32-15-14-31(20-28(34,21-32)22-37-26-10-6-24(29)7-11-26)18-23-4-8-25(9-5-23)36-17-16-30-12-2-3-13-30/h4-11,34H,2-3,12-22H2,1H3. The van der Waals surface area contributed by atoms with Gasteiger partial charge in [-0.1, -0.05) is 12.1 Å². The maximum absolute atomic E-state index is 13.3. The Kier molecular flexibility index (Phi) is 9.74. The van der Waals surface area contributed by atoms with E-state index in [1.165, 1.54) is 44.2 Å². The van der Waals surface area contributed by atoms with Gasteiger partial charge in [0.2, 0.25) is 5.91 Å². The summed E-state index contributed by atoms with van der Waals surface area (Å²) in [5.41, 5.74) is -0.224. The van der Waals surface area contributed by atoms with E-state index in [1.807, 2.05) is 24.3 Å². The highest BCUT2D eigenvalue weighted by Crippen LogP contribution is 2.21. The lowest BCUT2D eigenvalue weighted by Gasteiger charge is -2.33. The first-order valence-corrected chi connectivity index (χ1v) is 13.0. The molecule has 1 amide bonds. The number of benzene rings is 2. The van der Waals surface area contributed by atoms with Crippen molar-refractivity contribution >= 4 is 5.91 Å². The number of amides is 1. The summed E-state index contributed by atoms with van der Waals surface area (Å²) in [5, 5.41) is 11.5. The number of β-amino-alcohol motifs (C(OH)–C–C–N with tert-alkyl or cyclic N) is 1. The van der Waals surface area contributed by atoms with Gasteiger partial charge in [-0.05, 0) is 67.9 Å². The molecule has 1 N–H and O–H groups in total. The van der Waals surface area contributed by atoms with E-state index in [4.69, 9.17) is 14.2 Å². The maximum Gasteiger partial charge on any atom is 0.248 e. The van der Waals surface area contributed by atoms with Gasteiger partial charge in [-0.15, -0.1) is 0 Å². The molecule has 0 aromatic heterocycles. The predicted molar refractivity (Wildman–Crippen MR) is 138 cm³/mol. The number of nitrogens with zero attached hydrogens (tertiary/aromatic N) is 3. The van der Waals surface area contributed by atoms with Crippen LogP contribution in [0.25, 0.3) is 0 Å². The van der Waals surface area contributed by atoms with Gasteiger partial charge in [-0.3, -0.25) is 14.6 Å². The van der Waals surface area contributed by atoms with E-state index in [0.717, 1.165) is 30.9 Å². The molecule has 9 heteroatoms. The molecular formula is C28H38FN3O5. The molecule has 0 aliphatic carbocycles. The molecule has 2 aliphatic rings. The van der Waals surface area contributed by atoms with E-state index in [9.17, 15) is 14.3 Å². The van der Waals surface area contributed by atoms with Crippen LogP contribution in [-0.4, -0.2) is 104 Å². The van der Waals surface area contributed by atoms with Gasteiger partial charge in [0.05, 0.1) is 6.54 Å². The summed E-state index contributed by atoms with van der Waals surface area (Å²) in [6.45, 7) is 5.99. The van der Waals surface area contributed by atoms with Crippen molar-refractivity contribution in [3.63, 3.8) is 0 Å². The average molecular weight is 516 g/mol. The molecule has 2 aliphatic heterocycles. The number of likely N-dealkylation sites (tertiary alicyclic amines) is 1. The number of carbonyl (C=O) groups excluding carboxylic acids is 1. The molecule has 0 spiro atoms. The number of hydrogen-bond donors (Lipinski definition) is 1. The van der Waals surface area contributed by atoms with Crippen LogP contribution in [0.4, 0.5) is 4.39 Å². The minimum absolute atomic E-state index is 0.0321. The summed E-state index contributed by atoms with van der Waals surface area (Å²) in [6.07, 6.45) is 2.55. The normalized spacial score (nSPS) is 21.1. The van der Waals surface area contributed by atoms with Gasteiger partial charge in [-0.2, -0.15) is 0 Å². The molecule has 2 saturated heterocycles. The van der Waals surface area contributed by atoms with Crippen molar-refractivity contribution < 1.29 is 28.5 Å². The van der Waals surface area contributed by atoms with Gasteiger partial charge in [0, 0.05) is 39.8 Å². The zero-order valence-corrected chi connectivity index (χ0v) is 21.6. The third-order valence-corrected chi connectivity index (χ3v) is 6.84. The zero-order valence-electron chi connectivity index (χ0n) is 21.6. The summed E-state index contributed by atoms with van der Waals surface area (Å²) >= 11 is 0. The van der Waals surface area contributed by atoms with Crippen LogP contribution in [0.3, 0.4) is 0 Å². The topological polar surface area (TPSA) is 74.7 Å². The van der Waals surface area contributed by atoms with Crippen molar-refractivity contribution in [2.75, 3.05) is 72.7 Å². The third kappa shape index (κ3) is 8.39. The van der Waals surface area contributed by atoms with Crippen LogP contribution in [-0.2, 0) is 16.1 Å². The molecule has 1 unspecified atom stereocenters. The number of carbonyl (C=O) groups is 1. The Morgan fingerprint density at radius 3 is 2.30 bits per heavy atom. The van der Waals surface area contributed by atoms with Crippen molar-refractivity contribution in [3.8, 4) is 11.5 Å². The number of ether oxygens (including phenoxy) is 3. The smallest absolute Gasteiger partial charge is 0.248 e. The van der Waals surface area contributed by atoms with Crippen LogP contribution in [0.5, 0.6) is 11.5 Å². The van der Waals surface area contributed by atoms with Gasteiger partial charge >= 0.3 is 0 Å². The summed E-state index contributed by atoms with van der Waals surface area (Å²) in [7, 11) is 1.48. The molecule has 2 aromatic carbocycles.